The minimum atomic E-state index is -1.02. The summed E-state index contributed by atoms with van der Waals surface area (Å²) in [7, 11) is 0. The van der Waals surface area contributed by atoms with Gasteiger partial charge in [-0.2, -0.15) is 0 Å². The first kappa shape index (κ1) is 16.8. The molecule has 0 aromatic rings. The average Bonchev–Trinajstić information content (AvgIpc) is 2.38. The van der Waals surface area contributed by atoms with Gasteiger partial charge in [-0.1, -0.05) is 26.7 Å². The summed E-state index contributed by atoms with van der Waals surface area (Å²) in [4.78, 5) is 24.6. The molecule has 0 aromatic carbocycles. The third-order valence-corrected chi connectivity index (χ3v) is 3.46. The summed E-state index contributed by atoms with van der Waals surface area (Å²) in [6.07, 6.45) is 3.10. The monoisotopic (exact) mass is 286 g/mol. The maximum Gasteiger partial charge on any atom is 0.328 e. The van der Waals surface area contributed by atoms with E-state index in [-0.39, 0.29) is 18.7 Å². The molecule has 0 radical (unpaired) electrons. The molecule has 1 aliphatic heterocycles. The van der Waals surface area contributed by atoms with Gasteiger partial charge >= 0.3 is 12.0 Å². The van der Waals surface area contributed by atoms with Gasteiger partial charge in [0.05, 0.1) is 13.2 Å². The fourth-order valence-corrected chi connectivity index (χ4v) is 2.25. The van der Waals surface area contributed by atoms with Gasteiger partial charge in [-0.25, -0.2) is 9.59 Å². The predicted octanol–water partition coefficient (Wildman–Crippen LogP) is 1.70. The largest absolute Gasteiger partial charge is 0.480 e. The standard InChI is InChI=1S/C14H26N2O4/c1-10(2)5-4-6-11(3)15-14(19)16-7-8-20-9-12(16)13(17)18/h10-12H,4-9H2,1-3H3,(H,15,19)(H,17,18). The molecular formula is C14H26N2O4. The van der Waals surface area contributed by atoms with Crippen molar-refractivity contribution in [1.29, 1.82) is 0 Å². The summed E-state index contributed by atoms with van der Waals surface area (Å²) in [5.74, 6) is -0.360. The lowest BCUT2D eigenvalue weighted by molar-refractivity contribution is -0.147. The first-order valence-corrected chi connectivity index (χ1v) is 7.29. The smallest absolute Gasteiger partial charge is 0.328 e. The van der Waals surface area contributed by atoms with Gasteiger partial charge in [0.2, 0.25) is 0 Å². The zero-order chi connectivity index (χ0) is 15.1. The SMILES string of the molecule is CC(C)CCCC(C)NC(=O)N1CCOCC1C(=O)O. The molecule has 2 N–H and O–H groups in total. The molecule has 20 heavy (non-hydrogen) atoms. The molecule has 1 heterocycles. The van der Waals surface area contributed by atoms with E-state index in [4.69, 9.17) is 9.84 Å². The number of carboxylic acid groups (broad SMARTS) is 1. The fraction of sp³-hybridized carbons (Fsp3) is 0.857. The highest BCUT2D eigenvalue weighted by molar-refractivity contribution is 5.83. The fourth-order valence-electron chi connectivity index (χ4n) is 2.25. The second kappa shape index (κ2) is 8.09. The van der Waals surface area contributed by atoms with E-state index in [9.17, 15) is 9.59 Å². The molecule has 2 amide bonds. The van der Waals surface area contributed by atoms with E-state index in [1.54, 1.807) is 0 Å². The number of nitrogens with zero attached hydrogens (tertiary/aromatic N) is 1. The molecule has 1 aliphatic rings. The van der Waals surface area contributed by atoms with Crippen molar-refractivity contribution in [3.05, 3.63) is 0 Å². The molecule has 116 valence electrons. The molecule has 2 unspecified atom stereocenters. The van der Waals surface area contributed by atoms with Crippen LogP contribution in [0.5, 0.6) is 0 Å². The Morgan fingerprint density at radius 1 is 1.35 bits per heavy atom. The third-order valence-electron chi connectivity index (χ3n) is 3.46. The number of amides is 2. The van der Waals surface area contributed by atoms with Gasteiger partial charge in [-0.15, -0.1) is 0 Å². The van der Waals surface area contributed by atoms with Crippen LogP contribution >= 0.6 is 0 Å². The van der Waals surface area contributed by atoms with Crippen molar-refractivity contribution < 1.29 is 19.4 Å². The Morgan fingerprint density at radius 3 is 2.65 bits per heavy atom. The van der Waals surface area contributed by atoms with Gasteiger partial charge < -0.3 is 20.1 Å². The van der Waals surface area contributed by atoms with Crippen LogP contribution in [0.2, 0.25) is 0 Å². The number of carboxylic acids is 1. The summed E-state index contributed by atoms with van der Waals surface area (Å²) < 4.78 is 5.12. The first-order chi connectivity index (χ1) is 9.41. The quantitative estimate of drug-likeness (QED) is 0.779. The number of ether oxygens (including phenoxy) is 1. The number of morpholine rings is 1. The van der Waals surface area contributed by atoms with E-state index in [2.05, 4.69) is 19.2 Å². The summed E-state index contributed by atoms with van der Waals surface area (Å²) in [6.45, 7) is 7.07. The molecule has 1 rings (SSSR count). The van der Waals surface area contributed by atoms with Crippen molar-refractivity contribution in [2.24, 2.45) is 5.92 Å². The third kappa shape index (κ3) is 5.36. The number of rotatable bonds is 6. The van der Waals surface area contributed by atoms with Crippen LogP contribution in [-0.4, -0.2) is 53.8 Å². The van der Waals surface area contributed by atoms with Gasteiger partial charge in [0, 0.05) is 12.6 Å². The zero-order valence-corrected chi connectivity index (χ0v) is 12.6. The van der Waals surface area contributed by atoms with Crippen molar-refractivity contribution in [1.82, 2.24) is 10.2 Å². The van der Waals surface area contributed by atoms with E-state index in [1.807, 2.05) is 6.92 Å². The number of carbonyl (C=O) groups excluding carboxylic acids is 1. The van der Waals surface area contributed by atoms with Crippen LogP contribution in [0.3, 0.4) is 0 Å². The molecule has 0 bridgehead atoms. The second-order valence-corrected chi connectivity index (χ2v) is 5.80. The molecule has 2 atom stereocenters. The summed E-state index contributed by atoms with van der Waals surface area (Å²) >= 11 is 0. The molecule has 1 fully saturated rings. The summed E-state index contributed by atoms with van der Waals surface area (Å²) in [5.41, 5.74) is 0. The Balaban J connectivity index is 2.41. The van der Waals surface area contributed by atoms with E-state index in [1.165, 1.54) is 4.90 Å². The molecule has 0 spiro atoms. The first-order valence-electron chi connectivity index (χ1n) is 7.29. The highest BCUT2D eigenvalue weighted by Crippen LogP contribution is 2.11. The molecule has 0 aliphatic carbocycles. The molecule has 0 saturated carbocycles. The van der Waals surface area contributed by atoms with Gasteiger partial charge in [-0.3, -0.25) is 0 Å². The minimum absolute atomic E-state index is 0.0542. The highest BCUT2D eigenvalue weighted by Gasteiger charge is 2.33. The zero-order valence-electron chi connectivity index (χ0n) is 12.6. The van der Waals surface area contributed by atoms with E-state index < -0.39 is 12.0 Å². The number of carbonyl (C=O) groups is 2. The van der Waals surface area contributed by atoms with Gasteiger partial charge in [-0.05, 0) is 19.3 Å². The Bertz CT molecular complexity index is 333. The number of aliphatic carboxylic acids is 1. The summed E-state index contributed by atoms with van der Waals surface area (Å²) in [5, 5.41) is 12.0. The molecular weight excluding hydrogens is 260 g/mol. The van der Waals surface area contributed by atoms with Gasteiger partial charge in [0.25, 0.3) is 0 Å². The van der Waals surface area contributed by atoms with E-state index in [0.29, 0.717) is 19.1 Å². The van der Waals surface area contributed by atoms with Crippen molar-refractivity contribution in [2.75, 3.05) is 19.8 Å². The number of hydrogen-bond donors (Lipinski definition) is 2. The van der Waals surface area contributed by atoms with E-state index >= 15 is 0 Å². The van der Waals surface area contributed by atoms with E-state index in [0.717, 1.165) is 19.3 Å². The maximum atomic E-state index is 12.1. The molecule has 6 nitrogen and oxygen atoms in total. The van der Waals surface area contributed by atoms with Crippen molar-refractivity contribution >= 4 is 12.0 Å². The van der Waals surface area contributed by atoms with Gasteiger partial charge in [0.1, 0.15) is 0 Å². The molecule has 1 saturated heterocycles. The number of nitrogens with one attached hydrogen (secondary N) is 1. The minimum Gasteiger partial charge on any atom is -0.480 e. The van der Waals surface area contributed by atoms with Crippen molar-refractivity contribution in [2.45, 2.75) is 52.1 Å². The maximum absolute atomic E-state index is 12.1. The highest BCUT2D eigenvalue weighted by atomic mass is 16.5. The number of urea groups is 1. The Kier molecular flexibility index (Phi) is 6.78. The average molecular weight is 286 g/mol. The lowest BCUT2D eigenvalue weighted by Gasteiger charge is -2.33. The molecule has 0 aromatic heterocycles. The lowest BCUT2D eigenvalue weighted by Crippen LogP contribution is -2.56. The summed E-state index contributed by atoms with van der Waals surface area (Å²) in [6, 6.07) is -1.14. The van der Waals surface area contributed by atoms with Crippen LogP contribution in [0.4, 0.5) is 4.79 Å². The predicted molar refractivity (Wildman–Crippen MR) is 75.6 cm³/mol. The Labute approximate surface area is 120 Å². The lowest BCUT2D eigenvalue weighted by atomic mass is 10.0. The van der Waals surface area contributed by atoms with Gasteiger partial charge in [0.15, 0.2) is 6.04 Å². The topological polar surface area (TPSA) is 78.9 Å². The van der Waals surface area contributed by atoms with Crippen LogP contribution in [-0.2, 0) is 9.53 Å². The van der Waals surface area contributed by atoms with Crippen molar-refractivity contribution in [3.8, 4) is 0 Å². The van der Waals surface area contributed by atoms with Crippen LogP contribution in [0.25, 0.3) is 0 Å². The van der Waals surface area contributed by atoms with Crippen LogP contribution in [0.1, 0.15) is 40.0 Å². The number of hydrogen-bond acceptors (Lipinski definition) is 3. The Hall–Kier alpha value is -1.30. The van der Waals surface area contributed by atoms with Crippen LogP contribution in [0.15, 0.2) is 0 Å². The van der Waals surface area contributed by atoms with Crippen LogP contribution < -0.4 is 5.32 Å². The van der Waals surface area contributed by atoms with Crippen LogP contribution in [0, 0.1) is 5.92 Å². The Morgan fingerprint density at radius 2 is 2.05 bits per heavy atom. The van der Waals surface area contributed by atoms with Crippen molar-refractivity contribution in [3.63, 3.8) is 0 Å². The second-order valence-electron chi connectivity index (χ2n) is 5.80. The normalized spacial score (nSPS) is 20.8. The molecule has 6 heteroatoms.